The van der Waals surface area contributed by atoms with Crippen molar-refractivity contribution in [2.45, 2.75) is 43.8 Å². The number of hydrogen-bond acceptors (Lipinski definition) is 4. The predicted molar refractivity (Wildman–Crippen MR) is 110 cm³/mol. The normalized spacial score (nSPS) is 14.9. The Labute approximate surface area is 177 Å². The molecule has 0 aliphatic heterocycles. The van der Waals surface area contributed by atoms with Crippen molar-refractivity contribution in [1.29, 1.82) is 0 Å². The van der Waals surface area contributed by atoms with E-state index in [1.807, 2.05) is 30.3 Å². The van der Waals surface area contributed by atoms with E-state index in [9.17, 15) is 22.8 Å². The Morgan fingerprint density at radius 2 is 1.87 bits per heavy atom. The maximum absolute atomic E-state index is 14.1. The molecule has 2 N–H and O–H groups in total. The summed E-state index contributed by atoms with van der Waals surface area (Å²) in [6, 6.07) is 11.0. The number of aromatic nitrogens is 1. The first kappa shape index (κ1) is 23.0. The van der Waals surface area contributed by atoms with Gasteiger partial charge in [-0.2, -0.15) is 18.7 Å². The van der Waals surface area contributed by atoms with Crippen LogP contribution >= 0.6 is 0 Å². The number of hydroxylamine groups is 1. The smallest absolute Gasteiger partial charge is 0.406 e. The highest BCUT2D eigenvalue weighted by molar-refractivity contribution is 5.81. The summed E-state index contributed by atoms with van der Waals surface area (Å²) >= 11 is 0. The number of nitrogens with zero attached hydrogens (tertiary/aromatic N) is 1. The first-order valence-corrected chi connectivity index (χ1v) is 9.81. The quantitative estimate of drug-likeness (QED) is 0.358. The van der Waals surface area contributed by atoms with Gasteiger partial charge in [0.25, 0.3) is 0 Å². The zero-order chi connectivity index (χ0) is 22.6. The van der Waals surface area contributed by atoms with Crippen LogP contribution in [0.3, 0.4) is 0 Å². The summed E-state index contributed by atoms with van der Waals surface area (Å²) in [6.45, 7) is 1.63. The zero-order valence-corrected chi connectivity index (χ0v) is 17.2. The van der Waals surface area contributed by atoms with Crippen molar-refractivity contribution < 1.29 is 27.5 Å². The van der Waals surface area contributed by atoms with Gasteiger partial charge in [0.05, 0.1) is 12.6 Å². The second-order valence-corrected chi connectivity index (χ2v) is 7.82. The Kier molecular flexibility index (Phi) is 6.81. The van der Waals surface area contributed by atoms with Crippen LogP contribution in [0.4, 0.5) is 17.6 Å². The van der Waals surface area contributed by atoms with Crippen LogP contribution in [0.25, 0.3) is 10.9 Å². The van der Waals surface area contributed by atoms with Crippen molar-refractivity contribution in [2.24, 2.45) is 0 Å². The average molecular weight is 436 g/mol. The maximum atomic E-state index is 14.1. The van der Waals surface area contributed by atoms with Crippen LogP contribution in [0.15, 0.2) is 54.7 Å². The molecule has 2 atom stereocenters. The van der Waals surface area contributed by atoms with Crippen LogP contribution in [-0.2, 0) is 11.8 Å². The average Bonchev–Trinajstić information content (AvgIpc) is 2.75. The van der Waals surface area contributed by atoms with Crippen molar-refractivity contribution in [2.75, 3.05) is 7.11 Å². The summed E-state index contributed by atoms with van der Waals surface area (Å²) in [5.41, 5.74) is 2.25. The second kappa shape index (κ2) is 9.20. The molecule has 0 saturated heterocycles. The number of methoxy groups -OCH3 is 1. The fraction of sp³-hybridized carbons (Fsp3) is 0.348. The first-order chi connectivity index (χ1) is 14.7. The molecule has 31 heavy (non-hydrogen) atoms. The van der Waals surface area contributed by atoms with Crippen LogP contribution in [0.1, 0.15) is 30.9 Å². The topological polar surface area (TPSA) is 54.4 Å². The van der Waals surface area contributed by atoms with E-state index >= 15 is 0 Å². The van der Waals surface area contributed by atoms with E-state index in [1.54, 1.807) is 13.1 Å². The number of pyridine rings is 1. The molecule has 2 unspecified atom stereocenters. The van der Waals surface area contributed by atoms with Crippen LogP contribution in [0.5, 0.6) is 5.75 Å². The van der Waals surface area contributed by atoms with Gasteiger partial charge >= 0.3 is 6.18 Å². The number of rotatable bonds is 8. The SMILES string of the molecule is COc1ccc(F)cc1C(C)(CCc1ccnc2ccccc12)CC(NO)C(F)(F)F. The molecule has 3 aromatic rings. The summed E-state index contributed by atoms with van der Waals surface area (Å²) < 4.78 is 59.8. The van der Waals surface area contributed by atoms with Crippen LogP contribution in [0.2, 0.25) is 0 Å². The summed E-state index contributed by atoms with van der Waals surface area (Å²) in [5.74, 6) is -0.278. The Morgan fingerprint density at radius 3 is 2.55 bits per heavy atom. The van der Waals surface area contributed by atoms with Crippen molar-refractivity contribution in [3.05, 3.63) is 71.7 Å². The van der Waals surface area contributed by atoms with E-state index < -0.39 is 29.9 Å². The lowest BCUT2D eigenvalue weighted by Gasteiger charge is -2.35. The van der Waals surface area contributed by atoms with Crippen LogP contribution in [-0.4, -0.2) is 29.5 Å². The highest BCUT2D eigenvalue weighted by atomic mass is 19.4. The van der Waals surface area contributed by atoms with Gasteiger partial charge in [0.1, 0.15) is 17.6 Å². The molecule has 0 saturated carbocycles. The van der Waals surface area contributed by atoms with E-state index in [-0.39, 0.29) is 6.42 Å². The Bertz CT molecular complexity index is 1040. The minimum absolute atomic E-state index is 0.259. The molecule has 0 radical (unpaired) electrons. The number of halogens is 4. The van der Waals surface area contributed by atoms with E-state index in [0.717, 1.165) is 16.5 Å². The van der Waals surface area contributed by atoms with Gasteiger partial charge in [0.15, 0.2) is 0 Å². The number of hydrogen-bond donors (Lipinski definition) is 2. The monoisotopic (exact) mass is 436 g/mol. The summed E-state index contributed by atoms with van der Waals surface area (Å²) in [4.78, 5) is 4.32. The molecule has 4 nitrogen and oxygen atoms in total. The van der Waals surface area contributed by atoms with Gasteiger partial charge in [-0.05, 0) is 60.6 Å². The number of benzene rings is 2. The lowest BCUT2D eigenvalue weighted by Crippen LogP contribution is -2.45. The number of nitrogens with one attached hydrogen (secondary N) is 1. The van der Waals surface area contributed by atoms with Gasteiger partial charge in [-0.25, -0.2) is 4.39 Å². The van der Waals surface area contributed by atoms with Crippen LogP contribution < -0.4 is 10.2 Å². The molecule has 0 spiro atoms. The minimum Gasteiger partial charge on any atom is -0.496 e. The number of fused-ring (bicyclic) bond motifs is 1. The van der Waals surface area contributed by atoms with E-state index in [1.165, 1.54) is 30.8 Å². The molecular weight excluding hydrogens is 412 g/mol. The largest absolute Gasteiger partial charge is 0.496 e. The molecule has 8 heteroatoms. The third-order valence-corrected chi connectivity index (χ3v) is 5.70. The number of aryl methyl sites for hydroxylation is 1. The third kappa shape index (κ3) is 5.14. The number of alkyl halides is 3. The molecule has 2 aromatic carbocycles. The van der Waals surface area contributed by atoms with Crippen molar-refractivity contribution >= 4 is 10.9 Å². The molecule has 0 amide bonds. The summed E-state index contributed by atoms with van der Waals surface area (Å²) in [6.07, 6.45) is -2.84. The summed E-state index contributed by atoms with van der Waals surface area (Å²) in [5, 5.41) is 10.1. The number of para-hydroxylation sites is 1. The predicted octanol–water partition coefficient (Wildman–Crippen LogP) is 5.57. The van der Waals surface area contributed by atoms with Gasteiger partial charge in [0.2, 0.25) is 0 Å². The zero-order valence-electron chi connectivity index (χ0n) is 17.2. The molecule has 0 fully saturated rings. The van der Waals surface area contributed by atoms with Gasteiger partial charge in [-0.3, -0.25) is 4.98 Å². The van der Waals surface area contributed by atoms with Gasteiger partial charge < -0.3 is 9.94 Å². The molecule has 0 bridgehead atoms. The van der Waals surface area contributed by atoms with Crippen molar-refractivity contribution in [3.8, 4) is 5.75 Å². The van der Waals surface area contributed by atoms with E-state index in [2.05, 4.69) is 4.98 Å². The van der Waals surface area contributed by atoms with Gasteiger partial charge in [-0.15, -0.1) is 0 Å². The maximum Gasteiger partial charge on any atom is 0.406 e. The Morgan fingerprint density at radius 1 is 1.13 bits per heavy atom. The lowest BCUT2D eigenvalue weighted by molar-refractivity contribution is -0.181. The molecule has 0 aliphatic carbocycles. The molecular formula is C23H24F4N2O2. The Hall–Kier alpha value is -2.71. The van der Waals surface area contributed by atoms with Crippen LogP contribution in [0, 0.1) is 5.82 Å². The highest BCUT2D eigenvalue weighted by Crippen LogP contribution is 2.42. The molecule has 1 heterocycles. The second-order valence-electron chi connectivity index (χ2n) is 7.82. The molecule has 3 rings (SSSR count). The molecule has 1 aromatic heterocycles. The number of ether oxygens (including phenoxy) is 1. The van der Waals surface area contributed by atoms with Crippen molar-refractivity contribution in [3.63, 3.8) is 0 Å². The third-order valence-electron chi connectivity index (χ3n) is 5.70. The minimum atomic E-state index is -4.68. The fourth-order valence-electron chi connectivity index (χ4n) is 3.97. The van der Waals surface area contributed by atoms with Crippen molar-refractivity contribution in [1.82, 2.24) is 10.5 Å². The molecule has 0 aliphatic rings. The lowest BCUT2D eigenvalue weighted by atomic mass is 9.72. The van der Waals surface area contributed by atoms with E-state index in [4.69, 9.17) is 4.74 Å². The van der Waals surface area contributed by atoms with Gasteiger partial charge in [-0.1, -0.05) is 25.1 Å². The molecule has 166 valence electrons. The highest BCUT2D eigenvalue weighted by Gasteiger charge is 2.45. The standard InChI is InChI=1S/C23H24F4N2O2/c1-22(14-21(29-30)23(25,26)27,18-13-16(24)7-8-20(18)31-2)11-9-15-10-12-28-19-6-4-3-5-17(15)19/h3-8,10,12-13,21,29-30H,9,11,14H2,1-2H3. The summed E-state index contributed by atoms with van der Waals surface area (Å²) in [7, 11) is 1.39. The van der Waals surface area contributed by atoms with E-state index in [0.29, 0.717) is 17.7 Å². The fourth-order valence-corrected chi connectivity index (χ4v) is 3.97. The van der Waals surface area contributed by atoms with Gasteiger partial charge in [0, 0.05) is 17.1 Å². The Balaban J connectivity index is 2.02. The first-order valence-electron chi connectivity index (χ1n) is 9.81.